The molecule has 164 valence electrons. The van der Waals surface area contributed by atoms with E-state index in [-0.39, 0.29) is 6.04 Å². The number of hydrogen-bond acceptors (Lipinski definition) is 6. The molecule has 1 fully saturated rings. The van der Waals surface area contributed by atoms with E-state index < -0.39 is 0 Å². The van der Waals surface area contributed by atoms with Crippen LogP contribution in [0.25, 0.3) is 16.0 Å². The number of rotatable bonds is 7. The van der Waals surface area contributed by atoms with Gasteiger partial charge in [-0.1, -0.05) is 48.6 Å². The Hall–Kier alpha value is -3.06. The average Bonchev–Trinajstić information content (AvgIpc) is 3.56. The Morgan fingerprint density at radius 3 is 2.81 bits per heavy atom. The molecular formula is C25H27N5OS. The zero-order valence-electron chi connectivity index (χ0n) is 18.5. The molecule has 5 rings (SSSR count). The summed E-state index contributed by atoms with van der Waals surface area (Å²) >= 11 is 1.66. The van der Waals surface area contributed by atoms with Gasteiger partial charge in [-0.25, -0.2) is 9.97 Å². The first-order valence-corrected chi connectivity index (χ1v) is 12.1. The number of Topliss-reactive ketones (excluding diaryl/α,β-unsaturated/α-hetero) is 1. The van der Waals surface area contributed by atoms with Crippen LogP contribution >= 0.6 is 11.3 Å². The minimum Gasteiger partial charge on any atom is -0.338 e. The van der Waals surface area contributed by atoms with Crippen LogP contribution in [-0.4, -0.2) is 37.9 Å². The molecule has 0 spiro atoms. The summed E-state index contributed by atoms with van der Waals surface area (Å²) in [5.74, 6) is 0.309. The lowest BCUT2D eigenvalue weighted by molar-refractivity contribution is -0.120. The van der Waals surface area contributed by atoms with E-state index in [0.29, 0.717) is 12.2 Å². The number of aromatic nitrogens is 4. The van der Waals surface area contributed by atoms with Gasteiger partial charge in [0.2, 0.25) is 0 Å². The van der Waals surface area contributed by atoms with Gasteiger partial charge in [0.15, 0.2) is 16.6 Å². The van der Waals surface area contributed by atoms with Crippen LogP contribution in [-0.2, 0) is 17.6 Å². The fourth-order valence-electron chi connectivity index (χ4n) is 4.55. The van der Waals surface area contributed by atoms with E-state index >= 15 is 0 Å². The number of fused-ring (bicyclic) bond motifs is 1. The van der Waals surface area contributed by atoms with E-state index in [9.17, 15) is 4.79 Å². The Kier molecular flexibility index (Phi) is 5.74. The average molecular weight is 446 g/mol. The van der Waals surface area contributed by atoms with E-state index in [2.05, 4.69) is 33.9 Å². The second-order valence-electron chi connectivity index (χ2n) is 8.35. The summed E-state index contributed by atoms with van der Waals surface area (Å²) in [7, 11) is 0. The number of pyridine rings is 1. The predicted molar refractivity (Wildman–Crippen MR) is 129 cm³/mol. The van der Waals surface area contributed by atoms with Crippen LogP contribution < -0.4 is 4.90 Å². The van der Waals surface area contributed by atoms with Crippen LogP contribution in [0.2, 0.25) is 0 Å². The lowest BCUT2D eigenvalue weighted by Gasteiger charge is -2.22. The Bertz CT molecular complexity index is 1250. The minimum atomic E-state index is -0.0832. The van der Waals surface area contributed by atoms with Crippen LogP contribution in [0.1, 0.15) is 43.0 Å². The summed E-state index contributed by atoms with van der Waals surface area (Å²) in [5, 5.41) is 0.914. The minimum absolute atomic E-state index is 0.0832. The van der Waals surface area contributed by atoms with Gasteiger partial charge in [-0.2, -0.15) is 4.98 Å². The van der Waals surface area contributed by atoms with Gasteiger partial charge < -0.3 is 9.47 Å². The SMILES string of the molecule is CCc1c(-n2cnc(C)c2)cnc2nc(N3CCC[C@@H]3C(=O)CCc3ccccc3)sc12. The number of aryl methyl sites for hydroxylation is 3. The Morgan fingerprint density at radius 1 is 1.22 bits per heavy atom. The third-order valence-electron chi connectivity index (χ3n) is 6.21. The van der Waals surface area contributed by atoms with Gasteiger partial charge in [0.05, 0.1) is 34.6 Å². The maximum atomic E-state index is 13.1. The largest absolute Gasteiger partial charge is 0.338 e. The van der Waals surface area contributed by atoms with E-state index in [0.717, 1.165) is 59.1 Å². The number of hydrogen-bond donors (Lipinski definition) is 0. The molecule has 0 amide bonds. The molecule has 0 bridgehead atoms. The summed E-state index contributed by atoms with van der Waals surface area (Å²) in [6.45, 7) is 5.02. The Labute approximate surface area is 192 Å². The number of thiazole rings is 1. The van der Waals surface area contributed by atoms with Crippen molar-refractivity contribution in [3.63, 3.8) is 0 Å². The molecule has 7 heteroatoms. The molecule has 0 saturated carbocycles. The number of imidazole rings is 1. The van der Waals surface area contributed by atoms with Crippen molar-refractivity contribution in [3.05, 3.63) is 65.9 Å². The molecule has 1 aromatic carbocycles. The molecule has 1 atom stereocenters. The molecule has 4 aromatic rings. The van der Waals surface area contributed by atoms with Crippen LogP contribution in [0, 0.1) is 6.92 Å². The van der Waals surface area contributed by atoms with E-state index in [4.69, 9.17) is 4.98 Å². The van der Waals surface area contributed by atoms with Crippen molar-refractivity contribution >= 4 is 32.6 Å². The first kappa shape index (κ1) is 20.8. The second kappa shape index (κ2) is 8.82. The molecule has 1 aliphatic heterocycles. The zero-order chi connectivity index (χ0) is 22.1. The van der Waals surface area contributed by atoms with Crippen molar-refractivity contribution in [3.8, 4) is 5.69 Å². The van der Waals surface area contributed by atoms with Crippen LogP contribution in [0.4, 0.5) is 5.13 Å². The van der Waals surface area contributed by atoms with E-state index in [1.165, 1.54) is 11.1 Å². The van der Waals surface area contributed by atoms with Gasteiger partial charge in [-0.3, -0.25) is 4.79 Å². The molecule has 0 N–H and O–H groups in total. The van der Waals surface area contributed by atoms with Crippen LogP contribution in [0.5, 0.6) is 0 Å². The molecule has 0 aliphatic carbocycles. The molecule has 1 saturated heterocycles. The summed E-state index contributed by atoms with van der Waals surface area (Å²) in [6.07, 6.45) is 9.90. The Balaban J connectivity index is 1.41. The fraction of sp³-hybridized carbons (Fsp3) is 0.360. The summed E-state index contributed by atoms with van der Waals surface area (Å²) in [6, 6.07) is 10.2. The maximum Gasteiger partial charge on any atom is 0.188 e. The molecular weight excluding hydrogens is 418 g/mol. The normalized spacial score (nSPS) is 16.2. The number of benzene rings is 1. The molecule has 0 radical (unpaired) electrons. The topological polar surface area (TPSA) is 63.9 Å². The third kappa shape index (κ3) is 3.93. The molecule has 4 heterocycles. The molecule has 0 unspecified atom stereocenters. The smallest absolute Gasteiger partial charge is 0.188 e. The number of nitrogens with zero attached hydrogens (tertiary/aromatic N) is 5. The predicted octanol–water partition coefficient (Wildman–Crippen LogP) is 4.92. The van der Waals surface area contributed by atoms with Gasteiger partial charge in [0.25, 0.3) is 0 Å². The molecule has 32 heavy (non-hydrogen) atoms. The van der Waals surface area contributed by atoms with E-state index in [1.54, 1.807) is 11.3 Å². The van der Waals surface area contributed by atoms with Gasteiger partial charge in [-0.15, -0.1) is 0 Å². The molecule has 3 aromatic heterocycles. The monoisotopic (exact) mass is 445 g/mol. The van der Waals surface area contributed by atoms with Crippen molar-refractivity contribution in [1.82, 2.24) is 19.5 Å². The summed E-state index contributed by atoms with van der Waals surface area (Å²) in [5.41, 5.74) is 5.23. The quantitative estimate of drug-likeness (QED) is 0.404. The summed E-state index contributed by atoms with van der Waals surface area (Å²) < 4.78 is 3.14. The van der Waals surface area contributed by atoms with Gasteiger partial charge in [0, 0.05) is 19.2 Å². The zero-order valence-corrected chi connectivity index (χ0v) is 19.3. The van der Waals surface area contributed by atoms with Crippen molar-refractivity contribution in [2.45, 2.75) is 52.0 Å². The lowest BCUT2D eigenvalue weighted by atomic mass is 10.0. The Morgan fingerprint density at radius 2 is 2.06 bits per heavy atom. The van der Waals surface area contributed by atoms with Crippen LogP contribution in [0.3, 0.4) is 0 Å². The van der Waals surface area contributed by atoms with Gasteiger partial charge in [-0.05, 0) is 43.7 Å². The van der Waals surface area contributed by atoms with E-state index in [1.807, 2.05) is 48.4 Å². The number of carbonyl (C=O) groups excluding carboxylic acids is 1. The lowest BCUT2D eigenvalue weighted by Crippen LogP contribution is -2.36. The number of carbonyl (C=O) groups is 1. The number of ketones is 1. The fourth-order valence-corrected chi connectivity index (χ4v) is 5.76. The highest BCUT2D eigenvalue weighted by Crippen LogP contribution is 2.36. The van der Waals surface area contributed by atoms with Crippen molar-refractivity contribution in [1.29, 1.82) is 0 Å². The first-order chi connectivity index (χ1) is 15.6. The second-order valence-corrected chi connectivity index (χ2v) is 9.33. The standard InChI is InChI=1S/C25H27N5OS/c1-3-19-21(29-15-17(2)27-16-29)14-26-24-23(19)32-25(28-24)30-13-7-10-20(30)22(31)12-11-18-8-5-4-6-9-18/h4-6,8-9,14-16,20H,3,7,10-13H2,1-2H3/t20-/m1/s1. The maximum absolute atomic E-state index is 13.1. The molecule has 1 aliphatic rings. The van der Waals surface area contributed by atoms with Crippen LogP contribution in [0.15, 0.2) is 49.1 Å². The third-order valence-corrected chi connectivity index (χ3v) is 7.35. The highest BCUT2D eigenvalue weighted by atomic mass is 32.1. The highest BCUT2D eigenvalue weighted by molar-refractivity contribution is 7.22. The first-order valence-electron chi connectivity index (χ1n) is 11.3. The van der Waals surface area contributed by atoms with Crippen molar-refractivity contribution in [2.24, 2.45) is 0 Å². The van der Waals surface area contributed by atoms with Crippen molar-refractivity contribution < 1.29 is 4.79 Å². The van der Waals surface area contributed by atoms with Crippen molar-refractivity contribution in [2.75, 3.05) is 11.4 Å². The molecule has 6 nitrogen and oxygen atoms in total. The van der Waals surface area contributed by atoms with Gasteiger partial charge >= 0.3 is 0 Å². The number of anilines is 1. The summed E-state index contributed by atoms with van der Waals surface area (Å²) in [4.78, 5) is 29.2. The van der Waals surface area contributed by atoms with Gasteiger partial charge in [0.1, 0.15) is 0 Å². The highest BCUT2D eigenvalue weighted by Gasteiger charge is 2.32.